The molecule has 0 spiro atoms. The van der Waals surface area contributed by atoms with Crippen molar-refractivity contribution in [2.45, 2.75) is 38.5 Å². The fourth-order valence-corrected chi connectivity index (χ4v) is 4.71. The lowest BCUT2D eigenvalue weighted by Gasteiger charge is -2.36. The highest BCUT2D eigenvalue weighted by molar-refractivity contribution is 6.30. The Balaban J connectivity index is 1.24. The number of carbonyl (C=O) groups is 2. The van der Waals surface area contributed by atoms with Gasteiger partial charge in [-0.3, -0.25) is 9.59 Å². The molecule has 0 unspecified atom stereocenters. The summed E-state index contributed by atoms with van der Waals surface area (Å²) in [6.07, 6.45) is 1.85. The minimum Gasteiger partial charge on any atom is -0.484 e. The van der Waals surface area contributed by atoms with Crippen molar-refractivity contribution in [3.63, 3.8) is 0 Å². The Hall–Kier alpha value is -2.94. The van der Waals surface area contributed by atoms with Crippen molar-refractivity contribution in [2.24, 2.45) is 11.3 Å². The third-order valence-corrected chi connectivity index (χ3v) is 6.46. The summed E-state index contributed by atoms with van der Waals surface area (Å²) in [5.74, 6) is -0.673. The summed E-state index contributed by atoms with van der Waals surface area (Å²) in [6.45, 7) is -3.00. The van der Waals surface area contributed by atoms with Gasteiger partial charge in [0.05, 0.1) is 10.4 Å². The lowest BCUT2D eigenvalue weighted by molar-refractivity contribution is -0.135. The molecule has 1 atom stereocenters. The lowest BCUT2D eigenvalue weighted by Crippen LogP contribution is -2.44. The number of rotatable bonds is 9. The van der Waals surface area contributed by atoms with E-state index in [4.69, 9.17) is 16.3 Å². The molecule has 2 aromatic rings. The predicted molar refractivity (Wildman–Crippen MR) is 114 cm³/mol. The van der Waals surface area contributed by atoms with Gasteiger partial charge in [0.15, 0.2) is 6.61 Å². The molecule has 10 heteroatoms. The molecule has 0 aliphatic heterocycles. The number of halogens is 4. The fourth-order valence-electron chi connectivity index (χ4n) is 4.60. The minimum atomic E-state index is -2.91. The molecule has 2 aromatic carbocycles. The molecule has 2 bridgehead atoms. The number of amides is 2. The summed E-state index contributed by atoms with van der Waals surface area (Å²) in [5.41, 5.74) is 0.104. The molecule has 3 fully saturated rings. The smallest absolute Gasteiger partial charge is 0.387 e. The standard InChI is InChI=1S/C23H22ClF3N2O4/c24-17-5-4-15(7-18(17)25)32-12-20(30)29-19-10-23(8-14(19)9-23)21(31)28-11-13-2-1-3-16(6-13)33-22(26)27/h1-7,14,19,22H,8-12H2,(H,28,31)(H,29,30)/t14?,19-,23?/m0/s1. The number of nitrogens with one attached hydrogen (secondary N) is 2. The van der Waals surface area contributed by atoms with Gasteiger partial charge in [-0.05, 0) is 55.0 Å². The monoisotopic (exact) mass is 482 g/mol. The van der Waals surface area contributed by atoms with Gasteiger partial charge >= 0.3 is 6.61 Å². The second-order valence-electron chi connectivity index (χ2n) is 8.40. The maximum Gasteiger partial charge on any atom is 0.387 e. The van der Waals surface area contributed by atoms with Crippen LogP contribution >= 0.6 is 11.6 Å². The molecular formula is C23H22ClF3N2O4. The summed E-state index contributed by atoms with van der Waals surface area (Å²) in [4.78, 5) is 25.1. The Morgan fingerprint density at radius 1 is 1.12 bits per heavy atom. The second-order valence-corrected chi connectivity index (χ2v) is 8.81. The maximum atomic E-state index is 13.5. The van der Waals surface area contributed by atoms with Gasteiger partial charge in [0.2, 0.25) is 5.91 Å². The minimum absolute atomic E-state index is 0.0321. The Morgan fingerprint density at radius 2 is 1.91 bits per heavy atom. The fraction of sp³-hybridized carbons (Fsp3) is 0.391. The first-order valence-corrected chi connectivity index (χ1v) is 10.8. The molecule has 3 aliphatic carbocycles. The zero-order valence-corrected chi connectivity index (χ0v) is 18.2. The van der Waals surface area contributed by atoms with Gasteiger partial charge in [0, 0.05) is 18.7 Å². The van der Waals surface area contributed by atoms with Crippen LogP contribution in [-0.2, 0) is 16.1 Å². The lowest BCUT2D eigenvalue weighted by atomic mass is 9.69. The number of carbonyl (C=O) groups excluding carboxylic acids is 2. The van der Waals surface area contributed by atoms with E-state index in [1.54, 1.807) is 12.1 Å². The van der Waals surface area contributed by atoms with Gasteiger partial charge in [-0.15, -0.1) is 0 Å². The zero-order chi connectivity index (χ0) is 23.6. The van der Waals surface area contributed by atoms with E-state index >= 15 is 0 Å². The van der Waals surface area contributed by atoms with E-state index in [-0.39, 0.29) is 53.4 Å². The van der Waals surface area contributed by atoms with E-state index < -0.39 is 17.8 Å². The molecule has 6 nitrogen and oxygen atoms in total. The van der Waals surface area contributed by atoms with Crippen LogP contribution in [-0.4, -0.2) is 31.1 Å². The Labute approximate surface area is 193 Å². The molecule has 33 heavy (non-hydrogen) atoms. The van der Waals surface area contributed by atoms with E-state index in [9.17, 15) is 22.8 Å². The number of ether oxygens (including phenoxy) is 2. The summed E-state index contributed by atoms with van der Waals surface area (Å²) in [5, 5.41) is 5.73. The van der Waals surface area contributed by atoms with E-state index in [2.05, 4.69) is 15.4 Å². The topological polar surface area (TPSA) is 76.7 Å². The van der Waals surface area contributed by atoms with Gasteiger partial charge in [-0.2, -0.15) is 8.78 Å². The van der Waals surface area contributed by atoms with Crippen molar-refractivity contribution in [1.82, 2.24) is 10.6 Å². The molecule has 0 radical (unpaired) electrons. The average Bonchev–Trinajstić information content (AvgIpc) is 3.28. The molecule has 0 aromatic heterocycles. The van der Waals surface area contributed by atoms with Crippen molar-refractivity contribution in [3.05, 3.63) is 58.9 Å². The quantitative estimate of drug-likeness (QED) is 0.565. The van der Waals surface area contributed by atoms with Crippen molar-refractivity contribution < 1.29 is 32.2 Å². The van der Waals surface area contributed by atoms with Crippen LogP contribution in [0.5, 0.6) is 11.5 Å². The number of hydrogen-bond donors (Lipinski definition) is 2. The Kier molecular flexibility index (Phi) is 6.69. The van der Waals surface area contributed by atoms with Gasteiger partial charge in [-0.25, -0.2) is 4.39 Å². The van der Waals surface area contributed by atoms with Crippen molar-refractivity contribution in [3.8, 4) is 11.5 Å². The molecule has 3 saturated carbocycles. The van der Waals surface area contributed by atoms with Crippen LogP contribution in [0.4, 0.5) is 13.2 Å². The number of fused-ring (bicyclic) bond motifs is 1. The van der Waals surface area contributed by atoms with Crippen molar-refractivity contribution in [1.29, 1.82) is 0 Å². The van der Waals surface area contributed by atoms with Crippen LogP contribution in [0, 0.1) is 17.2 Å². The van der Waals surface area contributed by atoms with Gasteiger partial charge in [0.25, 0.3) is 5.91 Å². The molecule has 2 amide bonds. The zero-order valence-electron chi connectivity index (χ0n) is 17.5. The normalized spacial score (nSPS) is 23.1. The summed E-state index contributed by atoms with van der Waals surface area (Å²) in [7, 11) is 0. The highest BCUT2D eigenvalue weighted by Gasteiger charge is 2.60. The highest BCUT2D eigenvalue weighted by atomic mass is 35.5. The van der Waals surface area contributed by atoms with Crippen LogP contribution in [0.2, 0.25) is 5.02 Å². The van der Waals surface area contributed by atoms with Gasteiger partial charge in [0.1, 0.15) is 17.3 Å². The number of alkyl halides is 2. The summed E-state index contributed by atoms with van der Waals surface area (Å²) in [6, 6.07) is 9.96. The van der Waals surface area contributed by atoms with Crippen LogP contribution in [0.25, 0.3) is 0 Å². The SMILES string of the molecule is O=C(COc1ccc(Cl)c(F)c1)N[C@H]1CC2(C(=O)NCc3cccc(OC(F)F)c3)CC1C2. The third-order valence-electron chi connectivity index (χ3n) is 6.15. The first-order valence-electron chi connectivity index (χ1n) is 10.4. The Morgan fingerprint density at radius 3 is 2.64 bits per heavy atom. The average molecular weight is 483 g/mol. The maximum absolute atomic E-state index is 13.5. The van der Waals surface area contributed by atoms with Crippen molar-refractivity contribution in [2.75, 3.05) is 6.61 Å². The third kappa shape index (κ3) is 5.35. The molecule has 5 rings (SSSR count). The molecule has 3 aliphatic rings. The van der Waals surface area contributed by atoms with Gasteiger partial charge in [-0.1, -0.05) is 23.7 Å². The highest BCUT2D eigenvalue weighted by Crippen LogP contribution is 2.58. The van der Waals surface area contributed by atoms with E-state index in [1.807, 2.05) is 0 Å². The van der Waals surface area contributed by atoms with Crippen LogP contribution in [0.3, 0.4) is 0 Å². The number of hydrogen-bond acceptors (Lipinski definition) is 4. The first-order chi connectivity index (χ1) is 15.7. The van der Waals surface area contributed by atoms with Crippen LogP contribution in [0.15, 0.2) is 42.5 Å². The molecule has 0 heterocycles. The molecule has 0 saturated heterocycles. The summed E-state index contributed by atoms with van der Waals surface area (Å²) >= 11 is 5.62. The predicted octanol–water partition coefficient (Wildman–Crippen LogP) is 4.06. The molecular weight excluding hydrogens is 461 g/mol. The van der Waals surface area contributed by atoms with E-state index in [0.29, 0.717) is 24.8 Å². The second kappa shape index (κ2) is 9.51. The largest absolute Gasteiger partial charge is 0.484 e. The Bertz CT molecular complexity index is 1050. The van der Waals surface area contributed by atoms with Gasteiger partial charge < -0.3 is 20.1 Å². The first kappa shape index (κ1) is 23.2. The van der Waals surface area contributed by atoms with E-state index in [0.717, 1.165) is 6.07 Å². The van der Waals surface area contributed by atoms with Crippen LogP contribution < -0.4 is 20.1 Å². The summed E-state index contributed by atoms with van der Waals surface area (Å²) < 4.78 is 47.9. The van der Waals surface area contributed by atoms with Crippen molar-refractivity contribution >= 4 is 23.4 Å². The molecule has 176 valence electrons. The molecule has 2 N–H and O–H groups in total. The number of benzene rings is 2. The van der Waals surface area contributed by atoms with E-state index in [1.165, 1.54) is 24.3 Å². The van der Waals surface area contributed by atoms with Crippen LogP contribution in [0.1, 0.15) is 24.8 Å².